The summed E-state index contributed by atoms with van der Waals surface area (Å²) in [5.41, 5.74) is 0.260. The van der Waals surface area contributed by atoms with Crippen molar-refractivity contribution in [1.82, 2.24) is 10.2 Å². The van der Waals surface area contributed by atoms with E-state index in [0.717, 1.165) is 37.1 Å². The third-order valence-corrected chi connectivity index (χ3v) is 4.76. The van der Waals surface area contributed by atoms with E-state index in [9.17, 15) is 18.0 Å². The van der Waals surface area contributed by atoms with E-state index in [0.29, 0.717) is 13.2 Å². The first-order chi connectivity index (χ1) is 11.3. The molecule has 24 heavy (non-hydrogen) atoms. The number of hydrogen-bond donors (Lipinski definition) is 1. The Hall–Kier alpha value is -1.60. The fraction of sp³-hybridized carbons (Fsp3) is 0.588. The number of likely N-dealkylation sites (N-methyl/N-ethyl adjacent to an activating group) is 1. The highest BCUT2D eigenvalue weighted by Gasteiger charge is 2.35. The highest BCUT2D eigenvalue weighted by Crippen LogP contribution is 2.38. The first-order valence-electron chi connectivity index (χ1n) is 8.10. The van der Waals surface area contributed by atoms with E-state index in [2.05, 4.69) is 10.2 Å². The molecule has 1 atom stereocenters. The zero-order valence-corrected chi connectivity index (χ0v) is 13.5. The summed E-state index contributed by atoms with van der Waals surface area (Å²) in [5.74, 6) is 0.102. The van der Waals surface area contributed by atoms with Crippen molar-refractivity contribution >= 4 is 5.91 Å². The minimum Gasteiger partial charge on any atom is -0.366 e. The lowest BCUT2D eigenvalue weighted by molar-refractivity contribution is -0.139. The van der Waals surface area contributed by atoms with Crippen LogP contribution in [0.2, 0.25) is 0 Å². The van der Waals surface area contributed by atoms with Gasteiger partial charge in [0.1, 0.15) is 6.10 Å². The molecule has 1 saturated heterocycles. The van der Waals surface area contributed by atoms with Crippen molar-refractivity contribution in [3.05, 3.63) is 35.4 Å². The summed E-state index contributed by atoms with van der Waals surface area (Å²) in [6.45, 7) is 1.96. The Bertz CT molecular complexity index is 582. The second-order valence-corrected chi connectivity index (χ2v) is 6.62. The number of nitrogens with one attached hydrogen (secondary N) is 1. The molecule has 3 rings (SSSR count). The number of morpholine rings is 1. The molecule has 1 aromatic rings. The third kappa shape index (κ3) is 3.89. The first-order valence-corrected chi connectivity index (χ1v) is 8.10. The number of amides is 1. The number of benzene rings is 1. The molecule has 132 valence electrons. The molecule has 1 aromatic carbocycles. The van der Waals surface area contributed by atoms with Crippen molar-refractivity contribution < 1.29 is 22.7 Å². The largest absolute Gasteiger partial charge is 0.416 e. The molecule has 1 aliphatic carbocycles. The Morgan fingerprint density at radius 2 is 1.92 bits per heavy atom. The van der Waals surface area contributed by atoms with Crippen molar-refractivity contribution in [3.8, 4) is 0 Å². The molecule has 0 unspecified atom stereocenters. The maximum absolute atomic E-state index is 12.6. The maximum Gasteiger partial charge on any atom is 0.416 e. The van der Waals surface area contributed by atoms with Crippen molar-refractivity contribution in [1.29, 1.82) is 0 Å². The number of halogens is 3. The van der Waals surface area contributed by atoms with Crippen LogP contribution in [0.5, 0.6) is 0 Å². The molecule has 1 amide bonds. The van der Waals surface area contributed by atoms with Gasteiger partial charge < -0.3 is 15.0 Å². The van der Waals surface area contributed by atoms with E-state index in [4.69, 9.17) is 4.74 Å². The molecule has 1 aliphatic heterocycles. The molecule has 0 radical (unpaired) electrons. The highest BCUT2D eigenvalue weighted by atomic mass is 19.4. The molecule has 1 saturated carbocycles. The van der Waals surface area contributed by atoms with E-state index in [-0.39, 0.29) is 17.9 Å². The normalized spacial score (nSPS) is 28.2. The van der Waals surface area contributed by atoms with Gasteiger partial charge in [0.25, 0.3) is 5.91 Å². The molecule has 0 bridgehead atoms. The van der Waals surface area contributed by atoms with Crippen LogP contribution in [0.25, 0.3) is 0 Å². The number of ether oxygens (including phenoxy) is 1. The van der Waals surface area contributed by atoms with Crippen molar-refractivity contribution in [2.75, 3.05) is 26.7 Å². The maximum atomic E-state index is 12.6. The Labute approximate surface area is 139 Å². The van der Waals surface area contributed by atoms with Crippen LogP contribution in [0.4, 0.5) is 13.2 Å². The number of carbonyl (C=O) groups excluding carboxylic acids is 1. The Balaban J connectivity index is 1.48. The topological polar surface area (TPSA) is 41.6 Å². The van der Waals surface area contributed by atoms with Crippen LogP contribution in [-0.2, 0) is 15.7 Å². The molecule has 1 heterocycles. The molecule has 0 aromatic heterocycles. The number of hydrogen-bond acceptors (Lipinski definition) is 3. The molecule has 1 N–H and O–H groups in total. The summed E-state index contributed by atoms with van der Waals surface area (Å²) >= 11 is 0. The summed E-state index contributed by atoms with van der Waals surface area (Å²) in [5, 5.41) is 2.97. The molecular formula is C17H21F3N2O2. The van der Waals surface area contributed by atoms with E-state index < -0.39 is 17.8 Å². The fourth-order valence-corrected chi connectivity index (χ4v) is 3.18. The van der Waals surface area contributed by atoms with Gasteiger partial charge in [0, 0.05) is 19.1 Å². The van der Waals surface area contributed by atoms with Gasteiger partial charge in [0.2, 0.25) is 0 Å². The lowest BCUT2D eigenvalue weighted by atomic mass is 9.75. The fourth-order valence-electron chi connectivity index (χ4n) is 3.18. The summed E-state index contributed by atoms with van der Waals surface area (Å²) in [6, 6.07) is 5.37. The van der Waals surface area contributed by atoms with Gasteiger partial charge >= 0.3 is 6.18 Å². The average molecular weight is 342 g/mol. The highest BCUT2D eigenvalue weighted by molar-refractivity contribution is 5.81. The van der Waals surface area contributed by atoms with Crippen LogP contribution >= 0.6 is 0 Å². The summed E-state index contributed by atoms with van der Waals surface area (Å²) in [6.07, 6.45) is -3.24. The zero-order valence-electron chi connectivity index (χ0n) is 13.5. The van der Waals surface area contributed by atoms with Crippen LogP contribution in [-0.4, -0.2) is 49.7 Å². The predicted octanol–water partition coefficient (Wildman–Crippen LogP) is 2.40. The van der Waals surface area contributed by atoms with Crippen molar-refractivity contribution in [2.45, 2.75) is 37.1 Å². The standard InChI is InChI=1S/C17H21F3N2O2/c1-22-6-7-24-15(10-22)16(23)21-14-8-12(9-14)11-2-4-13(5-3-11)17(18,19)20/h2-5,12,14-15H,6-10H2,1H3,(H,21,23)/t12?,14?,15-/m1/s1. The summed E-state index contributed by atoms with van der Waals surface area (Å²) in [4.78, 5) is 14.2. The van der Waals surface area contributed by atoms with Gasteiger partial charge in [-0.2, -0.15) is 13.2 Å². The smallest absolute Gasteiger partial charge is 0.366 e. The van der Waals surface area contributed by atoms with Gasteiger partial charge in [0.15, 0.2) is 0 Å². The van der Waals surface area contributed by atoms with Crippen LogP contribution < -0.4 is 5.32 Å². The molecular weight excluding hydrogens is 321 g/mol. The minimum absolute atomic E-state index is 0.0700. The molecule has 2 fully saturated rings. The Kier molecular flexibility index (Phi) is 4.83. The lowest BCUT2D eigenvalue weighted by Gasteiger charge is -2.38. The number of rotatable bonds is 3. The van der Waals surface area contributed by atoms with E-state index in [1.54, 1.807) is 0 Å². The minimum atomic E-state index is -4.30. The van der Waals surface area contributed by atoms with E-state index in [1.165, 1.54) is 12.1 Å². The molecule has 0 spiro atoms. The summed E-state index contributed by atoms with van der Waals surface area (Å²) < 4.78 is 43.2. The van der Waals surface area contributed by atoms with Crippen LogP contribution in [0.3, 0.4) is 0 Å². The predicted molar refractivity (Wildman–Crippen MR) is 82.6 cm³/mol. The number of carbonyl (C=O) groups is 1. The Morgan fingerprint density at radius 3 is 2.50 bits per heavy atom. The van der Waals surface area contributed by atoms with Crippen LogP contribution in [0, 0.1) is 0 Å². The van der Waals surface area contributed by atoms with Gasteiger partial charge in [-0.05, 0) is 43.5 Å². The Morgan fingerprint density at radius 1 is 1.25 bits per heavy atom. The van der Waals surface area contributed by atoms with Gasteiger partial charge in [-0.15, -0.1) is 0 Å². The van der Waals surface area contributed by atoms with Gasteiger partial charge in [-0.25, -0.2) is 0 Å². The van der Waals surface area contributed by atoms with Crippen LogP contribution in [0.1, 0.15) is 29.9 Å². The van der Waals surface area contributed by atoms with Gasteiger partial charge in [-0.1, -0.05) is 12.1 Å². The van der Waals surface area contributed by atoms with Crippen LogP contribution in [0.15, 0.2) is 24.3 Å². The summed E-state index contributed by atoms with van der Waals surface area (Å²) in [7, 11) is 1.95. The molecule has 7 heteroatoms. The molecule has 4 nitrogen and oxygen atoms in total. The average Bonchev–Trinajstić information content (AvgIpc) is 2.49. The van der Waals surface area contributed by atoms with Gasteiger partial charge in [-0.3, -0.25) is 4.79 Å². The second-order valence-electron chi connectivity index (χ2n) is 6.62. The number of alkyl halides is 3. The monoisotopic (exact) mass is 342 g/mol. The van der Waals surface area contributed by atoms with E-state index in [1.807, 2.05) is 7.05 Å². The van der Waals surface area contributed by atoms with E-state index >= 15 is 0 Å². The lowest BCUT2D eigenvalue weighted by Crippen LogP contribution is -2.53. The zero-order chi connectivity index (χ0) is 17.3. The third-order valence-electron chi connectivity index (χ3n) is 4.76. The van der Waals surface area contributed by atoms with Crippen molar-refractivity contribution in [2.24, 2.45) is 0 Å². The SMILES string of the molecule is CN1CCO[C@@H](C(=O)NC2CC(c3ccc(C(F)(F)F)cc3)C2)C1. The van der Waals surface area contributed by atoms with Gasteiger partial charge in [0.05, 0.1) is 12.2 Å². The van der Waals surface area contributed by atoms with Crippen molar-refractivity contribution in [3.63, 3.8) is 0 Å². The molecule has 2 aliphatic rings. The first kappa shape index (κ1) is 17.2. The number of nitrogens with zero attached hydrogens (tertiary/aromatic N) is 1. The second kappa shape index (κ2) is 6.72. The quantitative estimate of drug-likeness (QED) is 0.917.